The minimum Gasteiger partial charge on any atom is -0.372 e. The second kappa shape index (κ2) is 7.85. The second-order valence-corrected chi connectivity index (χ2v) is 5.56. The van der Waals surface area contributed by atoms with Gasteiger partial charge in [-0.25, -0.2) is 0 Å². The molecule has 0 bridgehead atoms. The number of hydrogen-bond donors (Lipinski definition) is 1. The fourth-order valence-corrected chi connectivity index (χ4v) is 2.65. The topological polar surface area (TPSA) is 35.2 Å². The molecular formula is C14H25NOS. The Balaban J connectivity index is 2.53. The van der Waals surface area contributed by atoms with Gasteiger partial charge in [-0.05, 0) is 41.1 Å². The number of thiophene rings is 1. The summed E-state index contributed by atoms with van der Waals surface area (Å²) in [4.78, 5) is 0. The highest BCUT2D eigenvalue weighted by atomic mass is 32.1. The van der Waals surface area contributed by atoms with Crippen molar-refractivity contribution in [3.63, 3.8) is 0 Å². The van der Waals surface area contributed by atoms with Crippen molar-refractivity contribution in [2.45, 2.75) is 52.2 Å². The van der Waals surface area contributed by atoms with E-state index in [0.29, 0.717) is 5.92 Å². The molecule has 0 aliphatic carbocycles. The maximum atomic E-state index is 6.15. The van der Waals surface area contributed by atoms with E-state index in [4.69, 9.17) is 10.5 Å². The van der Waals surface area contributed by atoms with Crippen LogP contribution in [0.25, 0.3) is 0 Å². The summed E-state index contributed by atoms with van der Waals surface area (Å²) in [7, 11) is 0. The van der Waals surface area contributed by atoms with Crippen molar-refractivity contribution in [2.75, 3.05) is 6.61 Å². The Hall–Kier alpha value is -0.380. The summed E-state index contributed by atoms with van der Waals surface area (Å²) in [6.45, 7) is 7.38. The van der Waals surface area contributed by atoms with Crippen LogP contribution >= 0.6 is 11.3 Å². The molecule has 3 heteroatoms. The van der Waals surface area contributed by atoms with Gasteiger partial charge in [0.15, 0.2) is 0 Å². The monoisotopic (exact) mass is 255 g/mol. The molecular weight excluding hydrogens is 230 g/mol. The third-order valence-corrected chi connectivity index (χ3v) is 3.78. The fraction of sp³-hybridized carbons (Fsp3) is 0.714. The summed E-state index contributed by atoms with van der Waals surface area (Å²) in [5.74, 6) is 0.616. The predicted octanol–water partition coefficient (Wildman–Crippen LogP) is 3.98. The lowest BCUT2D eigenvalue weighted by atomic mass is 10.0. The van der Waals surface area contributed by atoms with Gasteiger partial charge in [0.1, 0.15) is 0 Å². The van der Waals surface area contributed by atoms with Gasteiger partial charge in [-0.1, -0.05) is 27.2 Å². The van der Waals surface area contributed by atoms with E-state index in [9.17, 15) is 0 Å². The zero-order valence-corrected chi connectivity index (χ0v) is 12.0. The van der Waals surface area contributed by atoms with Gasteiger partial charge >= 0.3 is 0 Å². The van der Waals surface area contributed by atoms with Crippen LogP contribution in [0.15, 0.2) is 16.8 Å². The van der Waals surface area contributed by atoms with E-state index in [1.807, 2.05) is 0 Å². The van der Waals surface area contributed by atoms with Crippen LogP contribution in [0.3, 0.4) is 0 Å². The van der Waals surface area contributed by atoms with Crippen molar-refractivity contribution in [1.29, 1.82) is 0 Å². The van der Waals surface area contributed by atoms with Crippen LogP contribution in [0.4, 0.5) is 0 Å². The van der Waals surface area contributed by atoms with Crippen molar-refractivity contribution >= 4 is 11.3 Å². The molecule has 1 aromatic rings. The Kier molecular flexibility index (Phi) is 6.78. The summed E-state index contributed by atoms with van der Waals surface area (Å²) in [6.07, 6.45) is 3.44. The predicted molar refractivity (Wildman–Crippen MR) is 75.4 cm³/mol. The first-order valence-corrected chi connectivity index (χ1v) is 7.52. The average molecular weight is 255 g/mol. The molecule has 0 saturated heterocycles. The van der Waals surface area contributed by atoms with Gasteiger partial charge in [0.25, 0.3) is 0 Å². The van der Waals surface area contributed by atoms with Crippen LogP contribution in [-0.4, -0.2) is 12.6 Å². The van der Waals surface area contributed by atoms with E-state index in [-0.39, 0.29) is 12.1 Å². The number of ether oxygens (including phenoxy) is 1. The zero-order chi connectivity index (χ0) is 12.7. The molecule has 0 aromatic carbocycles. The average Bonchev–Trinajstić information content (AvgIpc) is 2.83. The molecule has 0 aliphatic rings. The van der Waals surface area contributed by atoms with Gasteiger partial charge in [0.2, 0.25) is 0 Å². The van der Waals surface area contributed by atoms with Crippen molar-refractivity contribution < 1.29 is 4.74 Å². The highest BCUT2D eigenvalue weighted by Crippen LogP contribution is 2.25. The van der Waals surface area contributed by atoms with Crippen molar-refractivity contribution in [2.24, 2.45) is 11.7 Å². The van der Waals surface area contributed by atoms with Crippen molar-refractivity contribution in [1.82, 2.24) is 0 Å². The normalized spacial score (nSPS) is 16.7. The number of rotatable bonds is 8. The maximum Gasteiger partial charge on any atom is 0.0983 e. The molecule has 98 valence electrons. The van der Waals surface area contributed by atoms with Gasteiger partial charge in [0, 0.05) is 6.04 Å². The Labute approximate surface area is 109 Å². The summed E-state index contributed by atoms with van der Waals surface area (Å²) < 4.78 is 6.04. The van der Waals surface area contributed by atoms with E-state index >= 15 is 0 Å². The van der Waals surface area contributed by atoms with E-state index in [0.717, 1.165) is 13.0 Å². The minimum atomic E-state index is 0.0607. The first-order valence-electron chi connectivity index (χ1n) is 6.58. The summed E-state index contributed by atoms with van der Waals surface area (Å²) in [5, 5.41) is 4.23. The molecule has 0 radical (unpaired) electrons. The molecule has 1 aromatic heterocycles. The molecule has 0 fully saturated rings. The molecule has 17 heavy (non-hydrogen) atoms. The lowest BCUT2D eigenvalue weighted by Crippen LogP contribution is -2.30. The Bertz CT molecular complexity index is 286. The van der Waals surface area contributed by atoms with Gasteiger partial charge in [-0.3, -0.25) is 0 Å². The smallest absolute Gasteiger partial charge is 0.0983 e. The molecule has 3 atom stereocenters. The molecule has 2 nitrogen and oxygen atoms in total. The van der Waals surface area contributed by atoms with E-state index in [1.54, 1.807) is 11.3 Å². The van der Waals surface area contributed by atoms with Gasteiger partial charge in [0.05, 0.1) is 12.7 Å². The molecule has 2 N–H and O–H groups in total. The lowest BCUT2D eigenvalue weighted by molar-refractivity contribution is 0.0134. The quantitative estimate of drug-likeness (QED) is 0.762. The Morgan fingerprint density at radius 1 is 1.41 bits per heavy atom. The highest BCUT2D eigenvalue weighted by Gasteiger charge is 2.20. The lowest BCUT2D eigenvalue weighted by Gasteiger charge is -2.24. The third kappa shape index (κ3) is 4.78. The molecule has 0 spiro atoms. The van der Waals surface area contributed by atoms with Crippen LogP contribution in [0, 0.1) is 5.92 Å². The standard InChI is InChI=1S/C14H25NOS/c1-4-6-11(3)9-16-14(13(15)5-2)12-7-8-17-10-12/h7-8,10-11,13-14H,4-6,9,15H2,1-3H3. The van der Waals surface area contributed by atoms with Crippen LogP contribution in [-0.2, 0) is 4.74 Å². The molecule has 3 unspecified atom stereocenters. The Morgan fingerprint density at radius 3 is 2.71 bits per heavy atom. The molecule has 0 amide bonds. The maximum absolute atomic E-state index is 6.15. The number of hydrogen-bond acceptors (Lipinski definition) is 3. The second-order valence-electron chi connectivity index (χ2n) is 4.78. The first kappa shape index (κ1) is 14.7. The molecule has 0 aliphatic heterocycles. The van der Waals surface area contributed by atoms with Crippen LogP contribution in [0.1, 0.15) is 51.7 Å². The van der Waals surface area contributed by atoms with Crippen molar-refractivity contribution in [3.8, 4) is 0 Å². The third-order valence-electron chi connectivity index (χ3n) is 3.07. The van der Waals surface area contributed by atoms with Gasteiger partial charge in [-0.15, -0.1) is 0 Å². The van der Waals surface area contributed by atoms with Crippen LogP contribution in [0.2, 0.25) is 0 Å². The van der Waals surface area contributed by atoms with E-state index in [2.05, 4.69) is 37.6 Å². The van der Waals surface area contributed by atoms with Crippen LogP contribution < -0.4 is 5.73 Å². The Morgan fingerprint density at radius 2 is 2.18 bits per heavy atom. The summed E-state index contributed by atoms with van der Waals surface area (Å²) >= 11 is 1.70. The first-order chi connectivity index (χ1) is 8.19. The van der Waals surface area contributed by atoms with Crippen LogP contribution in [0.5, 0.6) is 0 Å². The van der Waals surface area contributed by atoms with E-state index in [1.165, 1.54) is 18.4 Å². The van der Waals surface area contributed by atoms with Gasteiger partial charge < -0.3 is 10.5 Å². The molecule has 0 saturated carbocycles. The summed E-state index contributed by atoms with van der Waals surface area (Å²) in [6, 6.07) is 2.22. The zero-order valence-electron chi connectivity index (χ0n) is 11.2. The fourth-order valence-electron chi connectivity index (χ4n) is 1.96. The van der Waals surface area contributed by atoms with E-state index < -0.39 is 0 Å². The largest absolute Gasteiger partial charge is 0.372 e. The highest BCUT2D eigenvalue weighted by molar-refractivity contribution is 7.07. The molecule has 1 rings (SSSR count). The SMILES string of the molecule is CCCC(C)COC(c1ccsc1)C(N)CC. The summed E-state index contributed by atoms with van der Waals surface area (Å²) in [5.41, 5.74) is 7.38. The van der Waals surface area contributed by atoms with Gasteiger partial charge in [-0.2, -0.15) is 11.3 Å². The van der Waals surface area contributed by atoms with Crippen molar-refractivity contribution in [3.05, 3.63) is 22.4 Å². The molecule has 1 heterocycles. The minimum absolute atomic E-state index is 0.0607. The number of nitrogens with two attached hydrogens (primary N) is 1.